The third-order valence-electron chi connectivity index (χ3n) is 2.00. The number of phenols is 1. The average molecular weight is 238 g/mol. The van der Waals surface area contributed by atoms with Gasteiger partial charge in [-0.1, -0.05) is 11.6 Å². The summed E-state index contributed by atoms with van der Waals surface area (Å²) in [4.78, 5) is 11.7. The van der Waals surface area contributed by atoms with Gasteiger partial charge in [0.15, 0.2) is 0 Å². The van der Waals surface area contributed by atoms with Gasteiger partial charge in [0.25, 0.3) is 5.91 Å². The van der Waals surface area contributed by atoms with Crippen molar-refractivity contribution in [2.45, 2.75) is 19.4 Å². The standard InChI is InChI=1S/C12H12ClNO2/c1-3-4-8(2)14-12(16)10-7-9(15)5-6-11(10)13/h1,5-8,15H,4H2,2H3,(H,14,16). The lowest BCUT2D eigenvalue weighted by Gasteiger charge is -2.11. The van der Waals surface area contributed by atoms with Crippen LogP contribution in [0.2, 0.25) is 5.02 Å². The molecule has 2 N–H and O–H groups in total. The van der Waals surface area contributed by atoms with Crippen molar-refractivity contribution in [3.05, 3.63) is 28.8 Å². The van der Waals surface area contributed by atoms with Crippen molar-refractivity contribution in [1.29, 1.82) is 0 Å². The average Bonchev–Trinajstić information content (AvgIpc) is 2.21. The summed E-state index contributed by atoms with van der Waals surface area (Å²) in [5, 5.41) is 12.2. The Labute approximate surface area is 99.4 Å². The first-order valence-corrected chi connectivity index (χ1v) is 5.15. The van der Waals surface area contributed by atoms with Gasteiger partial charge in [0.2, 0.25) is 0 Å². The van der Waals surface area contributed by atoms with Gasteiger partial charge < -0.3 is 10.4 Å². The lowest BCUT2D eigenvalue weighted by atomic mass is 10.1. The number of carbonyl (C=O) groups excluding carboxylic acids is 1. The molecular formula is C12H12ClNO2. The molecular weight excluding hydrogens is 226 g/mol. The van der Waals surface area contributed by atoms with Crippen molar-refractivity contribution in [1.82, 2.24) is 5.32 Å². The minimum atomic E-state index is -0.344. The zero-order valence-electron chi connectivity index (χ0n) is 8.83. The smallest absolute Gasteiger partial charge is 0.253 e. The summed E-state index contributed by atoms with van der Waals surface area (Å²) in [6, 6.07) is 4.08. The van der Waals surface area contributed by atoms with Crippen molar-refractivity contribution in [3.63, 3.8) is 0 Å². The fourth-order valence-corrected chi connectivity index (χ4v) is 1.42. The van der Waals surface area contributed by atoms with E-state index in [-0.39, 0.29) is 23.3 Å². The molecule has 3 nitrogen and oxygen atoms in total. The van der Waals surface area contributed by atoms with E-state index < -0.39 is 0 Å². The first kappa shape index (κ1) is 12.4. The number of benzene rings is 1. The predicted octanol–water partition coefficient (Wildman–Crippen LogP) is 2.19. The number of aromatic hydroxyl groups is 1. The summed E-state index contributed by atoms with van der Waals surface area (Å²) in [7, 11) is 0. The molecule has 0 saturated heterocycles. The number of terminal acetylenes is 1. The molecule has 0 aliphatic rings. The van der Waals surface area contributed by atoms with Gasteiger partial charge in [0.05, 0.1) is 10.6 Å². The molecule has 1 rings (SSSR count). The lowest BCUT2D eigenvalue weighted by Crippen LogP contribution is -2.32. The first-order valence-electron chi connectivity index (χ1n) is 4.77. The molecule has 84 valence electrons. The second-order valence-electron chi connectivity index (χ2n) is 3.45. The molecule has 0 fully saturated rings. The fraction of sp³-hybridized carbons (Fsp3) is 0.250. The highest BCUT2D eigenvalue weighted by Gasteiger charge is 2.13. The summed E-state index contributed by atoms with van der Waals surface area (Å²) in [6.45, 7) is 1.80. The van der Waals surface area contributed by atoms with E-state index in [0.29, 0.717) is 11.4 Å². The quantitative estimate of drug-likeness (QED) is 0.792. The Hall–Kier alpha value is -1.66. The summed E-state index contributed by atoms with van der Waals surface area (Å²) < 4.78 is 0. The molecule has 0 saturated carbocycles. The molecule has 16 heavy (non-hydrogen) atoms. The van der Waals surface area contributed by atoms with Crippen LogP contribution >= 0.6 is 11.6 Å². The number of rotatable bonds is 3. The minimum absolute atomic E-state index is 0.000784. The molecule has 0 heterocycles. The number of hydrogen-bond acceptors (Lipinski definition) is 2. The molecule has 0 aromatic heterocycles. The Morgan fingerprint density at radius 2 is 2.38 bits per heavy atom. The van der Waals surface area contributed by atoms with Gasteiger partial charge >= 0.3 is 0 Å². The minimum Gasteiger partial charge on any atom is -0.508 e. The second kappa shape index (κ2) is 5.43. The van der Waals surface area contributed by atoms with Crippen LogP contribution in [0.4, 0.5) is 0 Å². The van der Waals surface area contributed by atoms with Gasteiger partial charge in [-0.2, -0.15) is 0 Å². The van der Waals surface area contributed by atoms with Crippen LogP contribution in [0.1, 0.15) is 23.7 Å². The van der Waals surface area contributed by atoms with Gasteiger partial charge in [-0.3, -0.25) is 4.79 Å². The molecule has 1 unspecified atom stereocenters. The van der Waals surface area contributed by atoms with Crippen LogP contribution in [0.5, 0.6) is 5.75 Å². The molecule has 1 aromatic carbocycles. The molecule has 4 heteroatoms. The van der Waals surface area contributed by atoms with Crippen LogP contribution in [0.3, 0.4) is 0 Å². The van der Waals surface area contributed by atoms with Crippen LogP contribution in [0.25, 0.3) is 0 Å². The molecule has 1 aromatic rings. The third kappa shape index (κ3) is 3.18. The number of carbonyl (C=O) groups is 1. The number of hydrogen-bond donors (Lipinski definition) is 2. The van der Waals surface area contributed by atoms with Crippen LogP contribution in [-0.4, -0.2) is 17.1 Å². The van der Waals surface area contributed by atoms with Crippen molar-refractivity contribution in [2.75, 3.05) is 0 Å². The molecule has 0 aliphatic carbocycles. The van der Waals surface area contributed by atoms with E-state index >= 15 is 0 Å². The zero-order valence-corrected chi connectivity index (χ0v) is 9.58. The zero-order chi connectivity index (χ0) is 12.1. The third-order valence-corrected chi connectivity index (χ3v) is 2.33. The predicted molar refractivity (Wildman–Crippen MR) is 63.5 cm³/mol. The van der Waals surface area contributed by atoms with Crippen LogP contribution in [0, 0.1) is 12.3 Å². The maximum absolute atomic E-state index is 11.7. The van der Waals surface area contributed by atoms with Crippen molar-refractivity contribution in [3.8, 4) is 18.1 Å². The Balaban J connectivity index is 2.81. The summed E-state index contributed by atoms with van der Waals surface area (Å²) in [5.41, 5.74) is 0.241. The number of nitrogens with one attached hydrogen (secondary N) is 1. The molecule has 0 spiro atoms. The fourth-order valence-electron chi connectivity index (χ4n) is 1.22. The summed E-state index contributed by atoms with van der Waals surface area (Å²) in [6.07, 6.45) is 5.58. The Bertz CT molecular complexity index is 437. The van der Waals surface area contributed by atoms with Crippen LogP contribution < -0.4 is 5.32 Å². The Morgan fingerprint density at radius 1 is 1.69 bits per heavy atom. The van der Waals surface area contributed by atoms with E-state index in [1.165, 1.54) is 18.2 Å². The van der Waals surface area contributed by atoms with Gasteiger partial charge in [-0.05, 0) is 25.1 Å². The molecule has 1 amide bonds. The molecule has 0 bridgehead atoms. The monoisotopic (exact) mass is 237 g/mol. The maximum atomic E-state index is 11.7. The van der Waals surface area contributed by atoms with E-state index in [9.17, 15) is 9.90 Å². The highest BCUT2D eigenvalue weighted by Crippen LogP contribution is 2.21. The SMILES string of the molecule is C#CCC(C)NC(=O)c1cc(O)ccc1Cl. The molecule has 1 atom stereocenters. The molecule has 0 radical (unpaired) electrons. The van der Waals surface area contributed by atoms with Crippen molar-refractivity contribution < 1.29 is 9.90 Å². The second-order valence-corrected chi connectivity index (χ2v) is 3.85. The number of halogens is 1. The van der Waals surface area contributed by atoms with Gasteiger partial charge in [-0.25, -0.2) is 0 Å². The van der Waals surface area contributed by atoms with E-state index in [0.717, 1.165) is 0 Å². The van der Waals surface area contributed by atoms with Crippen molar-refractivity contribution >= 4 is 17.5 Å². The largest absolute Gasteiger partial charge is 0.508 e. The van der Waals surface area contributed by atoms with Gasteiger partial charge in [0.1, 0.15) is 5.75 Å². The highest BCUT2D eigenvalue weighted by atomic mass is 35.5. The van der Waals surface area contributed by atoms with Crippen LogP contribution in [-0.2, 0) is 0 Å². The normalized spacial score (nSPS) is 11.6. The number of amides is 1. The number of phenolic OH excluding ortho intramolecular Hbond substituents is 1. The summed E-state index contributed by atoms with van der Waals surface area (Å²) >= 11 is 5.84. The lowest BCUT2D eigenvalue weighted by molar-refractivity contribution is 0.0940. The molecule has 0 aliphatic heterocycles. The van der Waals surface area contributed by atoms with E-state index in [1.54, 1.807) is 6.92 Å². The van der Waals surface area contributed by atoms with Crippen molar-refractivity contribution in [2.24, 2.45) is 0 Å². The first-order chi connectivity index (χ1) is 7.54. The Kier molecular flexibility index (Phi) is 4.21. The highest BCUT2D eigenvalue weighted by molar-refractivity contribution is 6.33. The van der Waals surface area contributed by atoms with E-state index in [1.807, 2.05) is 0 Å². The van der Waals surface area contributed by atoms with Crippen LogP contribution in [0.15, 0.2) is 18.2 Å². The van der Waals surface area contributed by atoms with Gasteiger partial charge in [0, 0.05) is 12.5 Å². The van der Waals surface area contributed by atoms with E-state index in [4.69, 9.17) is 18.0 Å². The topological polar surface area (TPSA) is 49.3 Å². The maximum Gasteiger partial charge on any atom is 0.253 e. The Morgan fingerprint density at radius 3 is 3.00 bits per heavy atom. The van der Waals surface area contributed by atoms with Gasteiger partial charge in [-0.15, -0.1) is 12.3 Å². The van der Waals surface area contributed by atoms with E-state index in [2.05, 4.69) is 11.2 Å². The summed E-state index contributed by atoms with van der Waals surface area (Å²) in [5.74, 6) is 2.11.